The fraction of sp³-hybridized carbons (Fsp3) is 0. The molecule has 0 unspecified atom stereocenters. The molecule has 2 aromatic heterocycles. The van der Waals surface area contributed by atoms with Crippen LogP contribution in [0.4, 0.5) is 0 Å². The molecule has 0 amide bonds. The number of aromatic nitrogens is 3. The van der Waals surface area contributed by atoms with Gasteiger partial charge in [-0.1, -0.05) is 28.9 Å². The van der Waals surface area contributed by atoms with E-state index in [9.17, 15) is 4.79 Å². The summed E-state index contributed by atoms with van der Waals surface area (Å²) in [6.45, 7) is 0. The third-order valence-electron chi connectivity index (χ3n) is 2.57. The Hall–Kier alpha value is -2.40. The second-order valence-electron chi connectivity index (χ2n) is 3.84. The predicted octanol–water partition coefficient (Wildman–Crippen LogP) is 2.75. The molecule has 94 valence electrons. The van der Waals surface area contributed by atoms with Crippen molar-refractivity contribution >= 4 is 11.6 Å². The fourth-order valence-electron chi connectivity index (χ4n) is 1.63. The molecule has 0 radical (unpaired) electrons. The van der Waals surface area contributed by atoms with Gasteiger partial charge in [0.25, 0.3) is 5.89 Å². The first-order chi connectivity index (χ1) is 9.24. The van der Waals surface area contributed by atoms with E-state index >= 15 is 0 Å². The summed E-state index contributed by atoms with van der Waals surface area (Å²) < 4.78 is 5.18. The van der Waals surface area contributed by atoms with Gasteiger partial charge in [-0.2, -0.15) is 4.98 Å². The van der Waals surface area contributed by atoms with E-state index in [1.54, 1.807) is 18.2 Å². The number of aromatic amines is 1. The molecule has 1 N–H and O–H groups in total. The summed E-state index contributed by atoms with van der Waals surface area (Å²) in [4.78, 5) is 17.8. The van der Waals surface area contributed by atoms with Crippen LogP contribution in [0.15, 0.2) is 51.9 Å². The van der Waals surface area contributed by atoms with Gasteiger partial charge in [0, 0.05) is 17.8 Å². The number of nitrogens with one attached hydrogen (secondary N) is 1. The standard InChI is InChI=1S/C13H8ClN3O2/c14-10-4-2-1-3-9(10)13-16-12(17-19-13)8-5-6-11(18)15-7-8/h1-7H,(H,15,18). The molecule has 0 aliphatic rings. The number of nitrogens with zero attached hydrogens (tertiary/aromatic N) is 2. The molecule has 3 aromatic rings. The van der Waals surface area contributed by atoms with Crippen LogP contribution in [0.3, 0.4) is 0 Å². The SMILES string of the molecule is O=c1ccc(-c2noc(-c3ccccc3Cl)n2)c[nH]1. The Morgan fingerprint density at radius 2 is 2.00 bits per heavy atom. The van der Waals surface area contributed by atoms with Crippen molar-refractivity contribution in [1.29, 1.82) is 0 Å². The van der Waals surface area contributed by atoms with Gasteiger partial charge in [-0.3, -0.25) is 4.79 Å². The van der Waals surface area contributed by atoms with Gasteiger partial charge in [-0.05, 0) is 18.2 Å². The van der Waals surface area contributed by atoms with Gasteiger partial charge in [0.2, 0.25) is 11.4 Å². The van der Waals surface area contributed by atoms with E-state index in [2.05, 4.69) is 15.1 Å². The highest BCUT2D eigenvalue weighted by atomic mass is 35.5. The fourth-order valence-corrected chi connectivity index (χ4v) is 1.85. The predicted molar refractivity (Wildman–Crippen MR) is 70.8 cm³/mol. The number of pyridine rings is 1. The van der Waals surface area contributed by atoms with Gasteiger partial charge in [0.15, 0.2) is 0 Å². The van der Waals surface area contributed by atoms with Crippen LogP contribution >= 0.6 is 11.6 Å². The zero-order chi connectivity index (χ0) is 13.2. The minimum Gasteiger partial charge on any atom is -0.334 e. The molecule has 0 aliphatic heterocycles. The van der Waals surface area contributed by atoms with Crippen LogP contribution in [0.2, 0.25) is 5.02 Å². The molecule has 0 atom stereocenters. The second kappa shape index (κ2) is 4.70. The summed E-state index contributed by atoms with van der Waals surface area (Å²) in [5.74, 6) is 0.734. The number of H-pyrrole nitrogens is 1. The summed E-state index contributed by atoms with van der Waals surface area (Å²) in [6.07, 6.45) is 1.53. The lowest BCUT2D eigenvalue weighted by Gasteiger charge is -1.95. The highest BCUT2D eigenvalue weighted by Gasteiger charge is 2.12. The van der Waals surface area contributed by atoms with Crippen LogP contribution in [0.25, 0.3) is 22.8 Å². The Kier molecular flexibility index (Phi) is 2.89. The molecular weight excluding hydrogens is 266 g/mol. The highest BCUT2D eigenvalue weighted by molar-refractivity contribution is 6.33. The van der Waals surface area contributed by atoms with Gasteiger partial charge in [0.1, 0.15) is 0 Å². The number of rotatable bonds is 2. The van der Waals surface area contributed by atoms with E-state index in [0.29, 0.717) is 27.9 Å². The normalized spacial score (nSPS) is 10.6. The van der Waals surface area contributed by atoms with Gasteiger partial charge < -0.3 is 9.51 Å². The molecule has 0 aliphatic carbocycles. The van der Waals surface area contributed by atoms with Gasteiger partial charge in [0.05, 0.1) is 10.6 Å². The molecule has 1 aromatic carbocycles. The Morgan fingerprint density at radius 3 is 2.74 bits per heavy atom. The maximum absolute atomic E-state index is 11.0. The van der Waals surface area contributed by atoms with Crippen LogP contribution in [0.5, 0.6) is 0 Å². The van der Waals surface area contributed by atoms with Crippen LogP contribution in [0, 0.1) is 0 Å². The molecule has 3 rings (SSSR count). The Labute approximate surface area is 112 Å². The van der Waals surface area contributed by atoms with E-state index in [4.69, 9.17) is 16.1 Å². The zero-order valence-corrected chi connectivity index (χ0v) is 10.4. The van der Waals surface area contributed by atoms with Crippen LogP contribution in [-0.4, -0.2) is 15.1 Å². The molecule has 0 saturated heterocycles. The zero-order valence-electron chi connectivity index (χ0n) is 9.63. The smallest absolute Gasteiger partial charge is 0.259 e. The van der Waals surface area contributed by atoms with Crippen molar-refractivity contribution in [2.24, 2.45) is 0 Å². The second-order valence-corrected chi connectivity index (χ2v) is 4.25. The van der Waals surface area contributed by atoms with Crippen LogP contribution in [-0.2, 0) is 0 Å². The minimum atomic E-state index is -0.182. The number of benzene rings is 1. The molecule has 5 nitrogen and oxygen atoms in total. The van der Waals surface area contributed by atoms with Crippen molar-refractivity contribution in [2.75, 3.05) is 0 Å². The number of hydrogen-bond acceptors (Lipinski definition) is 4. The Bertz CT molecular complexity index is 759. The van der Waals surface area contributed by atoms with Crippen LogP contribution < -0.4 is 5.56 Å². The van der Waals surface area contributed by atoms with E-state index < -0.39 is 0 Å². The Balaban J connectivity index is 2.02. The highest BCUT2D eigenvalue weighted by Crippen LogP contribution is 2.27. The van der Waals surface area contributed by atoms with Crippen molar-refractivity contribution in [1.82, 2.24) is 15.1 Å². The van der Waals surface area contributed by atoms with Gasteiger partial charge >= 0.3 is 0 Å². The van der Waals surface area contributed by atoms with E-state index in [0.717, 1.165) is 0 Å². The molecule has 0 fully saturated rings. The quantitative estimate of drug-likeness (QED) is 0.779. The average molecular weight is 274 g/mol. The number of hydrogen-bond donors (Lipinski definition) is 1. The summed E-state index contributed by atoms with van der Waals surface area (Å²) in [5, 5.41) is 4.41. The third kappa shape index (κ3) is 2.28. The molecular formula is C13H8ClN3O2. The monoisotopic (exact) mass is 273 g/mol. The lowest BCUT2D eigenvalue weighted by Crippen LogP contribution is -2.01. The van der Waals surface area contributed by atoms with E-state index in [-0.39, 0.29) is 5.56 Å². The van der Waals surface area contributed by atoms with Crippen molar-refractivity contribution in [3.05, 3.63) is 58.0 Å². The van der Waals surface area contributed by atoms with E-state index in [1.165, 1.54) is 12.3 Å². The summed E-state index contributed by atoms with van der Waals surface area (Å²) >= 11 is 6.06. The van der Waals surface area contributed by atoms with Crippen molar-refractivity contribution in [3.63, 3.8) is 0 Å². The van der Waals surface area contributed by atoms with Gasteiger partial charge in [-0.15, -0.1) is 0 Å². The molecule has 0 saturated carbocycles. The summed E-state index contributed by atoms with van der Waals surface area (Å²) in [7, 11) is 0. The van der Waals surface area contributed by atoms with Crippen molar-refractivity contribution in [3.8, 4) is 22.8 Å². The lowest BCUT2D eigenvalue weighted by molar-refractivity contribution is 0.432. The van der Waals surface area contributed by atoms with Crippen molar-refractivity contribution in [2.45, 2.75) is 0 Å². The molecule has 0 spiro atoms. The third-order valence-corrected chi connectivity index (χ3v) is 2.90. The molecule has 19 heavy (non-hydrogen) atoms. The summed E-state index contributed by atoms with van der Waals surface area (Å²) in [5.41, 5.74) is 1.16. The molecule has 2 heterocycles. The molecule has 0 bridgehead atoms. The Morgan fingerprint density at radius 1 is 1.16 bits per heavy atom. The number of halogens is 1. The summed E-state index contributed by atoms with van der Waals surface area (Å²) in [6, 6.07) is 10.2. The average Bonchev–Trinajstić information content (AvgIpc) is 2.89. The first-order valence-corrected chi connectivity index (χ1v) is 5.89. The van der Waals surface area contributed by atoms with E-state index in [1.807, 2.05) is 12.1 Å². The topological polar surface area (TPSA) is 71.8 Å². The molecule has 6 heteroatoms. The largest absolute Gasteiger partial charge is 0.334 e. The van der Waals surface area contributed by atoms with Crippen LogP contribution in [0.1, 0.15) is 0 Å². The first-order valence-electron chi connectivity index (χ1n) is 5.52. The van der Waals surface area contributed by atoms with Gasteiger partial charge in [-0.25, -0.2) is 0 Å². The van der Waals surface area contributed by atoms with Crippen molar-refractivity contribution < 1.29 is 4.52 Å². The maximum Gasteiger partial charge on any atom is 0.259 e. The lowest BCUT2D eigenvalue weighted by atomic mass is 10.2. The maximum atomic E-state index is 11.0. The minimum absolute atomic E-state index is 0.182. The first kappa shape index (κ1) is 11.7.